The summed E-state index contributed by atoms with van der Waals surface area (Å²) in [5, 5.41) is 24.2. The van der Waals surface area contributed by atoms with Crippen molar-refractivity contribution in [3.63, 3.8) is 0 Å². The molecule has 4 aromatic carbocycles. The molecule has 0 unspecified atom stereocenters. The molecule has 2 heterocycles. The van der Waals surface area contributed by atoms with E-state index in [1.54, 1.807) is 72.8 Å². The highest BCUT2D eigenvalue weighted by Crippen LogP contribution is 2.26. The number of aromatic nitrogens is 4. The molecule has 0 spiro atoms. The van der Waals surface area contributed by atoms with E-state index in [2.05, 4.69) is 0 Å². The molecule has 6 rings (SSSR count). The summed E-state index contributed by atoms with van der Waals surface area (Å²) in [6.45, 7) is 0.191. The summed E-state index contributed by atoms with van der Waals surface area (Å²) in [4.78, 5) is 58.7. The first-order valence-corrected chi connectivity index (χ1v) is 16.0. The van der Waals surface area contributed by atoms with Crippen LogP contribution in [-0.4, -0.2) is 28.9 Å². The summed E-state index contributed by atoms with van der Waals surface area (Å²) in [7, 11) is 0. The molecule has 0 saturated heterocycles. The predicted octanol–water partition coefficient (Wildman–Crippen LogP) is 6.21. The lowest BCUT2D eigenvalue weighted by molar-refractivity contribution is -0.385. The first kappa shape index (κ1) is 30.7. The number of thioether (sulfide) groups is 2. The maximum Gasteiger partial charge on any atom is 0.269 e. The lowest BCUT2D eigenvalue weighted by Gasteiger charge is -2.16. The average Bonchev–Trinajstić information content (AvgIpc) is 3.07. The van der Waals surface area contributed by atoms with Gasteiger partial charge in [-0.05, 0) is 35.4 Å². The van der Waals surface area contributed by atoms with Gasteiger partial charge in [-0.2, -0.15) is 0 Å². The molecular weight excluding hydrogens is 629 g/mol. The number of hydrogen-bond donors (Lipinski definition) is 0. The summed E-state index contributed by atoms with van der Waals surface area (Å²) in [5.74, 6) is 0.655. The van der Waals surface area contributed by atoms with Gasteiger partial charge in [0.1, 0.15) is 0 Å². The van der Waals surface area contributed by atoms with Crippen LogP contribution in [0.2, 0.25) is 0 Å². The molecule has 0 radical (unpaired) electrons. The number of nitro benzene ring substituents is 2. The van der Waals surface area contributed by atoms with Gasteiger partial charge in [0.05, 0.1) is 31.7 Å². The minimum Gasteiger partial charge on any atom is -0.285 e. The largest absolute Gasteiger partial charge is 0.285 e. The molecule has 0 aliphatic carbocycles. The molecule has 0 saturated carbocycles. The number of para-hydroxylation sites is 2. The van der Waals surface area contributed by atoms with Crippen LogP contribution in [0.3, 0.4) is 0 Å². The number of nitro groups is 2. The van der Waals surface area contributed by atoms with Gasteiger partial charge >= 0.3 is 0 Å². The van der Waals surface area contributed by atoms with Gasteiger partial charge in [0.2, 0.25) is 0 Å². The minimum atomic E-state index is -0.456. The van der Waals surface area contributed by atoms with Gasteiger partial charge in [0.15, 0.2) is 10.3 Å². The Morgan fingerprint density at radius 2 is 1.00 bits per heavy atom. The topological polar surface area (TPSA) is 156 Å². The minimum absolute atomic E-state index is 0.0275. The van der Waals surface area contributed by atoms with E-state index >= 15 is 0 Å². The zero-order chi connectivity index (χ0) is 32.2. The maximum absolute atomic E-state index is 13.8. The zero-order valence-corrected chi connectivity index (χ0v) is 25.6. The lowest BCUT2D eigenvalue weighted by Crippen LogP contribution is -2.30. The molecule has 0 atom stereocenters. The van der Waals surface area contributed by atoms with E-state index in [1.165, 1.54) is 56.9 Å². The van der Waals surface area contributed by atoms with Crippen molar-refractivity contribution in [1.29, 1.82) is 0 Å². The number of benzene rings is 4. The van der Waals surface area contributed by atoms with E-state index in [4.69, 9.17) is 9.97 Å². The fourth-order valence-electron chi connectivity index (χ4n) is 4.93. The van der Waals surface area contributed by atoms with Crippen molar-refractivity contribution < 1.29 is 9.85 Å². The number of hydrogen-bond acceptors (Lipinski definition) is 10. The maximum atomic E-state index is 13.8. The third-order valence-electron chi connectivity index (χ3n) is 7.18. The zero-order valence-electron chi connectivity index (χ0n) is 24.0. The van der Waals surface area contributed by atoms with Crippen molar-refractivity contribution in [3.05, 3.63) is 149 Å². The van der Waals surface area contributed by atoms with Gasteiger partial charge in [-0.15, -0.1) is 0 Å². The van der Waals surface area contributed by atoms with Crippen LogP contribution < -0.4 is 11.1 Å². The third kappa shape index (κ3) is 6.53. The molecule has 2 aromatic heterocycles. The molecule has 0 bridgehead atoms. The molecule has 12 nitrogen and oxygen atoms in total. The summed E-state index contributed by atoms with van der Waals surface area (Å²) in [6.07, 6.45) is 0. The number of rotatable bonds is 11. The summed E-state index contributed by atoms with van der Waals surface area (Å²) in [6, 6.07) is 26.6. The highest BCUT2D eigenvalue weighted by molar-refractivity contribution is 7.98. The third-order valence-corrected chi connectivity index (χ3v) is 9.27. The summed E-state index contributed by atoms with van der Waals surface area (Å²) >= 11 is 2.55. The Hall–Kier alpha value is -5.34. The van der Waals surface area contributed by atoms with Gasteiger partial charge in [-0.25, -0.2) is 9.97 Å². The van der Waals surface area contributed by atoms with Crippen LogP contribution >= 0.6 is 23.5 Å². The Balaban J connectivity index is 1.35. The molecule has 0 N–H and O–H groups in total. The second kappa shape index (κ2) is 13.3. The number of non-ortho nitro benzene ring substituents is 2. The van der Waals surface area contributed by atoms with E-state index in [1.807, 2.05) is 0 Å². The van der Waals surface area contributed by atoms with Crippen molar-refractivity contribution in [3.8, 4) is 0 Å². The first-order chi connectivity index (χ1) is 22.3. The molecule has 0 aliphatic heterocycles. The summed E-state index contributed by atoms with van der Waals surface area (Å²) < 4.78 is 3.03. The van der Waals surface area contributed by atoms with Gasteiger partial charge in [-0.3, -0.25) is 39.0 Å². The second-order valence-electron chi connectivity index (χ2n) is 10.2. The van der Waals surface area contributed by atoms with Crippen molar-refractivity contribution in [1.82, 2.24) is 19.1 Å². The smallest absolute Gasteiger partial charge is 0.269 e. The molecule has 0 aliphatic rings. The Kier molecular flexibility index (Phi) is 8.90. The van der Waals surface area contributed by atoms with Crippen LogP contribution in [0, 0.1) is 20.2 Å². The first-order valence-electron chi connectivity index (χ1n) is 14.0. The van der Waals surface area contributed by atoms with Crippen LogP contribution in [0.25, 0.3) is 21.8 Å². The molecular formula is C32H24N6O6S2. The van der Waals surface area contributed by atoms with Crippen molar-refractivity contribution in [2.24, 2.45) is 0 Å². The molecule has 46 heavy (non-hydrogen) atoms. The van der Waals surface area contributed by atoms with Crippen LogP contribution in [0.15, 0.2) is 117 Å². The highest BCUT2D eigenvalue weighted by Gasteiger charge is 2.17. The molecule has 0 amide bonds. The van der Waals surface area contributed by atoms with Crippen LogP contribution in [0.5, 0.6) is 0 Å². The lowest BCUT2D eigenvalue weighted by atomic mass is 10.2. The van der Waals surface area contributed by atoms with Crippen LogP contribution in [0.1, 0.15) is 11.1 Å². The second-order valence-corrected chi connectivity index (χ2v) is 12.1. The van der Waals surface area contributed by atoms with E-state index in [0.717, 1.165) is 0 Å². The normalized spacial score (nSPS) is 11.2. The van der Waals surface area contributed by atoms with E-state index in [0.29, 0.717) is 54.8 Å². The van der Waals surface area contributed by atoms with Crippen LogP contribution in [0.4, 0.5) is 11.4 Å². The van der Waals surface area contributed by atoms with Gasteiger partial charge in [0.25, 0.3) is 22.5 Å². The number of fused-ring (bicyclic) bond motifs is 2. The average molecular weight is 653 g/mol. The van der Waals surface area contributed by atoms with Gasteiger partial charge < -0.3 is 0 Å². The number of nitrogens with zero attached hydrogens (tertiary/aromatic N) is 6. The summed E-state index contributed by atoms with van der Waals surface area (Å²) in [5.41, 5.74) is 1.82. The van der Waals surface area contributed by atoms with Crippen molar-refractivity contribution in [2.75, 3.05) is 0 Å². The van der Waals surface area contributed by atoms with Crippen molar-refractivity contribution >= 4 is 56.7 Å². The Morgan fingerprint density at radius 3 is 1.41 bits per heavy atom. The van der Waals surface area contributed by atoms with Gasteiger partial charge in [-0.1, -0.05) is 72.1 Å². The molecule has 0 fully saturated rings. The fourth-order valence-corrected chi connectivity index (χ4v) is 6.86. The van der Waals surface area contributed by atoms with E-state index in [9.17, 15) is 29.8 Å². The standard InChI is InChI=1S/C32H24N6O6S2/c39-29-25-11-1-3-13-27(25)33-31(45-19-21-7-5-9-23(17-21)37(41)42)35(29)15-16-36-30(40)26-12-2-4-14-28(26)34-32(36)46-20-22-8-6-10-24(18-22)38(43)44/h1-14,17-18H,15-16,19-20H2. The Labute approximate surface area is 269 Å². The van der Waals surface area contributed by atoms with Gasteiger partial charge in [0, 0.05) is 48.9 Å². The quantitative estimate of drug-likeness (QED) is 0.0683. The van der Waals surface area contributed by atoms with E-state index in [-0.39, 0.29) is 35.6 Å². The molecule has 230 valence electrons. The SMILES string of the molecule is O=c1c2ccccc2nc(SCc2cccc([N+](=O)[O-])c2)n1CCn1c(SCc2cccc([N+](=O)[O-])c2)nc2ccccc2c1=O. The predicted molar refractivity (Wildman–Crippen MR) is 177 cm³/mol. The van der Waals surface area contributed by atoms with Crippen molar-refractivity contribution in [2.45, 2.75) is 34.9 Å². The fraction of sp³-hybridized carbons (Fsp3) is 0.125. The molecule has 14 heteroatoms. The molecule has 6 aromatic rings. The highest BCUT2D eigenvalue weighted by atomic mass is 32.2. The van der Waals surface area contributed by atoms with E-state index < -0.39 is 9.85 Å². The Bertz CT molecular complexity index is 2100. The monoisotopic (exact) mass is 652 g/mol. The Morgan fingerprint density at radius 1 is 0.587 bits per heavy atom. The van der Waals surface area contributed by atoms with Crippen LogP contribution in [-0.2, 0) is 24.6 Å².